The van der Waals surface area contributed by atoms with Gasteiger partial charge in [-0.3, -0.25) is 19.2 Å². The molecule has 2 fully saturated rings. The van der Waals surface area contributed by atoms with E-state index in [0.717, 1.165) is 17.0 Å². The molecule has 2 saturated heterocycles. The summed E-state index contributed by atoms with van der Waals surface area (Å²) in [5.74, 6) is -0.158. The largest absolute Gasteiger partial charge is 0.359 e. The molecule has 24 heavy (non-hydrogen) atoms. The second kappa shape index (κ2) is 5.75. The molecular weight excluding hydrogens is 312 g/mol. The van der Waals surface area contributed by atoms with E-state index in [4.69, 9.17) is 4.52 Å². The van der Waals surface area contributed by atoms with Crippen molar-refractivity contribution < 1.29 is 14.1 Å². The topological polar surface area (TPSA) is 96.5 Å². The summed E-state index contributed by atoms with van der Waals surface area (Å²) in [5.41, 5.74) is 1.68. The molecule has 0 bridgehead atoms. The molecule has 0 aliphatic carbocycles. The first-order valence-electron chi connectivity index (χ1n) is 7.86. The highest BCUT2D eigenvalue weighted by atomic mass is 16.5. The molecular formula is C15H18N6O3. The summed E-state index contributed by atoms with van der Waals surface area (Å²) in [6.45, 7) is 3.09. The van der Waals surface area contributed by atoms with Crippen molar-refractivity contribution in [3.63, 3.8) is 0 Å². The third kappa shape index (κ3) is 2.67. The number of rotatable bonds is 3. The highest BCUT2D eigenvalue weighted by Crippen LogP contribution is 2.20. The molecule has 4 heterocycles. The van der Waals surface area contributed by atoms with Gasteiger partial charge in [0.25, 0.3) is 0 Å². The van der Waals surface area contributed by atoms with E-state index < -0.39 is 11.8 Å². The van der Waals surface area contributed by atoms with Crippen LogP contribution in [0.5, 0.6) is 0 Å². The summed E-state index contributed by atoms with van der Waals surface area (Å²) < 4.78 is 7.15. The van der Waals surface area contributed by atoms with Crippen LogP contribution in [0.1, 0.15) is 5.76 Å². The molecule has 1 N–H and O–H groups in total. The molecule has 126 valence electrons. The van der Waals surface area contributed by atoms with Crippen molar-refractivity contribution in [2.24, 2.45) is 7.05 Å². The predicted molar refractivity (Wildman–Crippen MR) is 82.5 cm³/mol. The lowest BCUT2D eigenvalue weighted by molar-refractivity contribution is -0.152. The van der Waals surface area contributed by atoms with Crippen LogP contribution >= 0.6 is 0 Å². The number of nitrogens with one attached hydrogen (secondary N) is 1. The number of hydrogen-bond donors (Lipinski definition) is 1. The molecule has 2 aliphatic heterocycles. The molecule has 2 amide bonds. The summed E-state index contributed by atoms with van der Waals surface area (Å²) in [4.78, 5) is 27.1. The summed E-state index contributed by atoms with van der Waals surface area (Å²) in [6, 6.07) is 1.93. The fourth-order valence-corrected chi connectivity index (χ4v) is 3.22. The lowest BCUT2D eigenvalue weighted by Crippen LogP contribution is -2.65. The number of nitrogens with zero attached hydrogens (tertiary/aromatic N) is 5. The summed E-state index contributed by atoms with van der Waals surface area (Å²) >= 11 is 0. The Morgan fingerprint density at radius 2 is 2.25 bits per heavy atom. The fraction of sp³-hybridized carbons (Fsp3) is 0.467. The van der Waals surface area contributed by atoms with Crippen molar-refractivity contribution in [2.45, 2.75) is 12.6 Å². The normalized spacial score (nSPS) is 21.7. The molecule has 9 nitrogen and oxygen atoms in total. The van der Waals surface area contributed by atoms with Crippen LogP contribution < -0.4 is 5.32 Å². The van der Waals surface area contributed by atoms with Crippen molar-refractivity contribution >= 4 is 11.8 Å². The van der Waals surface area contributed by atoms with E-state index >= 15 is 0 Å². The van der Waals surface area contributed by atoms with Gasteiger partial charge in [0.2, 0.25) is 0 Å². The number of carbonyl (C=O) groups excluding carboxylic acids is 2. The van der Waals surface area contributed by atoms with Gasteiger partial charge in [-0.15, -0.1) is 0 Å². The molecule has 4 rings (SSSR count). The van der Waals surface area contributed by atoms with E-state index in [9.17, 15) is 9.59 Å². The van der Waals surface area contributed by atoms with Gasteiger partial charge in [-0.2, -0.15) is 5.10 Å². The molecule has 1 unspecified atom stereocenters. The van der Waals surface area contributed by atoms with Gasteiger partial charge in [0, 0.05) is 51.1 Å². The standard InChI is InChI=1S/C15H18N6O3/c1-19-7-10(5-17-19)13-4-12(24-18-13)9-20-2-3-21-11(8-20)6-16-14(22)15(21)23/h4-5,7,11H,2-3,6,8-9H2,1H3,(H,16,22). The molecule has 9 heteroatoms. The molecule has 2 aromatic heterocycles. The van der Waals surface area contributed by atoms with E-state index in [1.54, 1.807) is 15.8 Å². The maximum atomic E-state index is 11.8. The molecule has 0 radical (unpaired) electrons. The number of piperazine rings is 2. The van der Waals surface area contributed by atoms with Gasteiger partial charge in [0.1, 0.15) is 5.69 Å². The maximum Gasteiger partial charge on any atom is 0.312 e. The summed E-state index contributed by atoms with van der Waals surface area (Å²) in [5, 5.41) is 10.9. The second-order valence-electron chi connectivity index (χ2n) is 6.18. The van der Waals surface area contributed by atoms with E-state index in [0.29, 0.717) is 32.7 Å². The first-order chi connectivity index (χ1) is 11.6. The first-order valence-corrected chi connectivity index (χ1v) is 7.86. The van der Waals surface area contributed by atoms with E-state index in [2.05, 4.69) is 20.5 Å². The molecule has 0 spiro atoms. The molecule has 2 aromatic rings. The van der Waals surface area contributed by atoms with Crippen LogP contribution in [0.3, 0.4) is 0 Å². The molecule has 1 atom stereocenters. The van der Waals surface area contributed by atoms with Gasteiger partial charge in [0.15, 0.2) is 5.76 Å². The number of hydrogen-bond acceptors (Lipinski definition) is 6. The number of fused-ring (bicyclic) bond motifs is 1. The predicted octanol–water partition coefficient (Wildman–Crippen LogP) is -0.782. The van der Waals surface area contributed by atoms with Crippen LogP contribution in [0, 0.1) is 0 Å². The lowest BCUT2D eigenvalue weighted by atomic mass is 10.1. The Bertz CT molecular complexity index is 782. The first kappa shape index (κ1) is 14.9. The van der Waals surface area contributed by atoms with Gasteiger partial charge < -0.3 is 14.7 Å². The maximum absolute atomic E-state index is 11.8. The Morgan fingerprint density at radius 3 is 3.04 bits per heavy atom. The van der Waals surface area contributed by atoms with Gasteiger partial charge >= 0.3 is 11.8 Å². The highest BCUT2D eigenvalue weighted by Gasteiger charge is 2.37. The number of aryl methyl sites for hydroxylation is 1. The monoisotopic (exact) mass is 330 g/mol. The SMILES string of the molecule is Cn1cc(-c2cc(CN3CCN4C(=O)C(=O)NCC4C3)on2)cn1. The minimum Gasteiger partial charge on any atom is -0.359 e. The average molecular weight is 330 g/mol. The van der Waals surface area contributed by atoms with Gasteiger partial charge in [-0.05, 0) is 0 Å². The van der Waals surface area contributed by atoms with Crippen molar-refractivity contribution in [1.29, 1.82) is 0 Å². The zero-order valence-corrected chi connectivity index (χ0v) is 13.3. The van der Waals surface area contributed by atoms with Crippen LogP contribution in [0.2, 0.25) is 0 Å². The van der Waals surface area contributed by atoms with Crippen molar-refractivity contribution in [1.82, 2.24) is 30.1 Å². The van der Waals surface area contributed by atoms with Crippen LogP contribution in [-0.4, -0.2) is 68.8 Å². The Morgan fingerprint density at radius 1 is 1.38 bits per heavy atom. The average Bonchev–Trinajstić information content (AvgIpc) is 3.20. The zero-order valence-electron chi connectivity index (χ0n) is 13.3. The molecule has 0 saturated carbocycles. The quantitative estimate of drug-likeness (QED) is 0.742. The second-order valence-corrected chi connectivity index (χ2v) is 6.18. The zero-order chi connectivity index (χ0) is 16.7. The lowest BCUT2D eigenvalue weighted by Gasteiger charge is -2.43. The van der Waals surface area contributed by atoms with Crippen LogP contribution in [-0.2, 0) is 23.2 Å². The number of aromatic nitrogens is 3. The van der Waals surface area contributed by atoms with Crippen LogP contribution in [0.4, 0.5) is 0 Å². The van der Waals surface area contributed by atoms with Gasteiger partial charge in [-0.25, -0.2) is 0 Å². The third-order valence-corrected chi connectivity index (χ3v) is 4.46. The minimum atomic E-state index is -0.504. The number of carbonyl (C=O) groups is 2. The van der Waals surface area contributed by atoms with E-state index in [-0.39, 0.29) is 6.04 Å². The van der Waals surface area contributed by atoms with Crippen LogP contribution in [0.15, 0.2) is 23.0 Å². The number of amides is 2. The summed E-state index contributed by atoms with van der Waals surface area (Å²) in [7, 11) is 1.86. The van der Waals surface area contributed by atoms with Crippen molar-refractivity contribution in [2.75, 3.05) is 26.2 Å². The van der Waals surface area contributed by atoms with E-state index in [1.807, 2.05) is 19.3 Å². The van der Waals surface area contributed by atoms with Crippen LogP contribution in [0.25, 0.3) is 11.3 Å². The third-order valence-electron chi connectivity index (χ3n) is 4.46. The molecule has 2 aliphatic rings. The van der Waals surface area contributed by atoms with Gasteiger partial charge in [-0.1, -0.05) is 5.16 Å². The Balaban J connectivity index is 1.41. The Labute approximate surface area is 138 Å². The van der Waals surface area contributed by atoms with Gasteiger partial charge in [0.05, 0.1) is 18.8 Å². The van der Waals surface area contributed by atoms with Crippen molar-refractivity contribution in [3.8, 4) is 11.3 Å². The van der Waals surface area contributed by atoms with E-state index in [1.165, 1.54) is 0 Å². The Kier molecular flexibility index (Phi) is 3.57. The van der Waals surface area contributed by atoms with Crippen molar-refractivity contribution in [3.05, 3.63) is 24.2 Å². The molecule has 0 aromatic carbocycles. The fourth-order valence-electron chi connectivity index (χ4n) is 3.22. The summed E-state index contributed by atoms with van der Waals surface area (Å²) in [6.07, 6.45) is 3.63. The smallest absolute Gasteiger partial charge is 0.312 e. The Hall–Kier alpha value is -2.68. The highest BCUT2D eigenvalue weighted by molar-refractivity contribution is 6.35. The minimum absolute atomic E-state index is 0.0182.